The molecule has 0 radical (unpaired) electrons. The first-order valence-corrected chi connectivity index (χ1v) is 11.2. The van der Waals surface area contributed by atoms with Gasteiger partial charge in [-0.3, -0.25) is 9.78 Å². The number of esters is 1. The predicted octanol–water partition coefficient (Wildman–Crippen LogP) is 4.05. The van der Waals surface area contributed by atoms with Gasteiger partial charge >= 0.3 is 12.1 Å². The maximum Gasteiger partial charge on any atom is 0.416 e. The van der Waals surface area contributed by atoms with Crippen LogP contribution in [0.5, 0.6) is 0 Å². The summed E-state index contributed by atoms with van der Waals surface area (Å²) in [6.45, 7) is 1.06. The van der Waals surface area contributed by atoms with Gasteiger partial charge in [0.05, 0.1) is 11.1 Å². The summed E-state index contributed by atoms with van der Waals surface area (Å²) >= 11 is 0. The minimum Gasteiger partial charge on any atom is -0.450 e. The Morgan fingerprint density at radius 2 is 1.97 bits per heavy atom. The standard InChI is InChI=1S/C24H24F3N3O3/c25-24(26,27)16-2-1-3-18(12-16)30-11-7-17(14-30)29-21(31)15-4-8-23(9-5-15)20-13-28-10-6-19(20)22(32)33-23/h1-3,6,10,12-13,15,17H,4-5,7-9,11,14H2,(H,29,31)/t15-,17-,23+/m0/s1. The highest BCUT2D eigenvalue weighted by Gasteiger charge is 2.48. The lowest BCUT2D eigenvalue weighted by Crippen LogP contribution is -2.43. The Balaban J connectivity index is 1.17. The molecule has 6 nitrogen and oxygen atoms in total. The molecular weight excluding hydrogens is 435 g/mol. The van der Waals surface area contributed by atoms with Crippen molar-refractivity contribution < 1.29 is 27.5 Å². The fraction of sp³-hybridized carbons (Fsp3) is 0.458. The smallest absolute Gasteiger partial charge is 0.416 e. The quantitative estimate of drug-likeness (QED) is 0.702. The van der Waals surface area contributed by atoms with Crippen molar-refractivity contribution in [1.82, 2.24) is 10.3 Å². The SMILES string of the molecule is O=C1O[C@]2(CC[C@@H](C(=O)N[C@H]3CCN(c4cccc(C(F)(F)F)c4)C3)CC2)c2cnccc21. The van der Waals surface area contributed by atoms with E-state index in [1.54, 1.807) is 24.5 Å². The number of aromatic nitrogens is 1. The average Bonchev–Trinajstić information content (AvgIpc) is 3.37. The Bertz CT molecular complexity index is 1080. The molecule has 3 aliphatic rings. The number of anilines is 1. The molecule has 1 aromatic heterocycles. The molecule has 1 saturated heterocycles. The summed E-state index contributed by atoms with van der Waals surface area (Å²) in [7, 11) is 0. The van der Waals surface area contributed by atoms with E-state index in [2.05, 4.69) is 10.3 Å². The summed E-state index contributed by atoms with van der Waals surface area (Å²) in [5.74, 6) is -0.565. The van der Waals surface area contributed by atoms with Gasteiger partial charge in [-0.25, -0.2) is 4.79 Å². The maximum absolute atomic E-state index is 13.0. The Kier molecular flexibility index (Phi) is 5.29. The van der Waals surface area contributed by atoms with E-state index in [0.29, 0.717) is 56.4 Å². The van der Waals surface area contributed by atoms with E-state index < -0.39 is 17.3 Å². The number of pyridine rings is 1. The second-order valence-corrected chi connectivity index (χ2v) is 9.07. The first kappa shape index (κ1) is 21.7. The van der Waals surface area contributed by atoms with Crippen molar-refractivity contribution in [3.63, 3.8) is 0 Å². The molecule has 3 heterocycles. The van der Waals surface area contributed by atoms with Crippen molar-refractivity contribution in [2.24, 2.45) is 5.92 Å². The number of carbonyl (C=O) groups excluding carboxylic acids is 2. The van der Waals surface area contributed by atoms with E-state index in [9.17, 15) is 22.8 Å². The van der Waals surface area contributed by atoms with Crippen LogP contribution in [0.4, 0.5) is 18.9 Å². The van der Waals surface area contributed by atoms with E-state index >= 15 is 0 Å². The average molecular weight is 459 g/mol. The zero-order valence-corrected chi connectivity index (χ0v) is 17.9. The molecule has 1 aromatic carbocycles. The molecule has 1 N–H and O–H groups in total. The van der Waals surface area contributed by atoms with Crippen LogP contribution in [0.2, 0.25) is 0 Å². The van der Waals surface area contributed by atoms with Gasteiger partial charge in [-0.2, -0.15) is 13.2 Å². The van der Waals surface area contributed by atoms with Crippen LogP contribution >= 0.6 is 0 Å². The van der Waals surface area contributed by atoms with Gasteiger partial charge in [0.2, 0.25) is 5.91 Å². The molecular formula is C24H24F3N3O3. The molecule has 1 spiro atoms. The minimum atomic E-state index is -4.38. The van der Waals surface area contributed by atoms with Crippen LogP contribution < -0.4 is 10.2 Å². The first-order valence-electron chi connectivity index (χ1n) is 11.2. The molecule has 5 rings (SSSR count). The molecule has 1 amide bonds. The summed E-state index contributed by atoms with van der Waals surface area (Å²) in [6.07, 6.45) is 1.87. The van der Waals surface area contributed by atoms with E-state index in [1.165, 1.54) is 6.07 Å². The number of fused-ring (bicyclic) bond motifs is 2. The topological polar surface area (TPSA) is 71.5 Å². The lowest BCUT2D eigenvalue weighted by molar-refractivity contribution is -0.137. The van der Waals surface area contributed by atoms with Gasteiger partial charge in [0.1, 0.15) is 5.60 Å². The summed E-state index contributed by atoms with van der Waals surface area (Å²) in [5, 5.41) is 3.08. The van der Waals surface area contributed by atoms with Gasteiger partial charge in [0.15, 0.2) is 0 Å². The second-order valence-electron chi connectivity index (χ2n) is 9.07. The van der Waals surface area contributed by atoms with Gasteiger partial charge in [-0.1, -0.05) is 6.07 Å². The largest absolute Gasteiger partial charge is 0.450 e. The van der Waals surface area contributed by atoms with Crippen LogP contribution in [0.15, 0.2) is 42.7 Å². The van der Waals surface area contributed by atoms with Crippen molar-refractivity contribution in [1.29, 1.82) is 0 Å². The zero-order valence-electron chi connectivity index (χ0n) is 17.9. The van der Waals surface area contributed by atoms with Gasteiger partial charge in [0, 0.05) is 48.7 Å². The van der Waals surface area contributed by atoms with Crippen LogP contribution in [0, 0.1) is 5.92 Å². The Morgan fingerprint density at radius 3 is 2.73 bits per heavy atom. The number of nitrogens with zero attached hydrogens (tertiary/aromatic N) is 2. The molecule has 0 unspecified atom stereocenters. The molecule has 174 valence electrons. The number of halogens is 3. The van der Waals surface area contributed by atoms with Crippen molar-refractivity contribution in [2.75, 3.05) is 18.0 Å². The number of hydrogen-bond donors (Lipinski definition) is 1. The normalized spacial score (nSPS) is 26.9. The van der Waals surface area contributed by atoms with Crippen LogP contribution in [0.1, 0.15) is 53.6 Å². The molecule has 9 heteroatoms. The first-order chi connectivity index (χ1) is 15.7. The monoisotopic (exact) mass is 459 g/mol. The third-order valence-electron chi connectivity index (χ3n) is 7.06. The number of hydrogen-bond acceptors (Lipinski definition) is 5. The number of ether oxygens (including phenoxy) is 1. The van der Waals surface area contributed by atoms with Gasteiger partial charge < -0.3 is 15.0 Å². The molecule has 33 heavy (non-hydrogen) atoms. The third kappa shape index (κ3) is 4.05. The number of rotatable bonds is 3. The summed E-state index contributed by atoms with van der Waals surface area (Å²) in [6, 6.07) is 6.84. The Labute approximate surface area is 189 Å². The molecule has 2 aromatic rings. The lowest BCUT2D eigenvalue weighted by Gasteiger charge is -2.36. The number of nitrogens with one attached hydrogen (secondary N) is 1. The fourth-order valence-electron chi connectivity index (χ4n) is 5.25. The van der Waals surface area contributed by atoms with Crippen molar-refractivity contribution >= 4 is 17.6 Å². The van der Waals surface area contributed by atoms with E-state index in [0.717, 1.165) is 17.7 Å². The highest BCUT2D eigenvalue weighted by molar-refractivity contribution is 5.94. The zero-order chi connectivity index (χ0) is 23.2. The van der Waals surface area contributed by atoms with Crippen molar-refractivity contribution in [3.05, 3.63) is 59.4 Å². The molecule has 1 aliphatic carbocycles. The predicted molar refractivity (Wildman–Crippen MR) is 113 cm³/mol. The molecule has 2 aliphatic heterocycles. The molecule has 0 bridgehead atoms. The molecule has 1 atom stereocenters. The van der Waals surface area contributed by atoms with Crippen LogP contribution in [0.25, 0.3) is 0 Å². The highest BCUT2D eigenvalue weighted by atomic mass is 19.4. The molecule has 1 saturated carbocycles. The van der Waals surface area contributed by atoms with Gasteiger partial charge in [-0.15, -0.1) is 0 Å². The van der Waals surface area contributed by atoms with Crippen LogP contribution in [0.3, 0.4) is 0 Å². The molecule has 2 fully saturated rings. The van der Waals surface area contributed by atoms with Gasteiger partial charge in [-0.05, 0) is 56.4 Å². The minimum absolute atomic E-state index is 0.0449. The Morgan fingerprint density at radius 1 is 1.18 bits per heavy atom. The summed E-state index contributed by atoms with van der Waals surface area (Å²) < 4.78 is 44.8. The lowest BCUT2D eigenvalue weighted by atomic mass is 9.75. The van der Waals surface area contributed by atoms with E-state index in [-0.39, 0.29) is 23.8 Å². The highest BCUT2D eigenvalue weighted by Crippen LogP contribution is 2.47. The second kappa shape index (κ2) is 8.04. The van der Waals surface area contributed by atoms with Crippen molar-refractivity contribution in [2.45, 2.75) is 49.9 Å². The number of benzene rings is 1. The number of carbonyl (C=O) groups is 2. The Hall–Kier alpha value is -3.10. The number of amides is 1. The van der Waals surface area contributed by atoms with Crippen molar-refractivity contribution in [3.8, 4) is 0 Å². The number of alkyl halides is 3. The maximum atomic E-state index is 13.0. The summed E-state index contributed by atoms with van der Waals surface area (Å²) in [4.78, 5) is 31.1. The fourth-order valence-corrected chi connectivity index (χ4v) is 5.25. The van der Waals surface area contributed by atoms with E-state index in [4.69, 9.17) is 4.74 Å². The summed E-state index contributed by atoms with van der Waals surface area (Å²) in [5.41, 5.74) is 0.505. The van der Waals surface area contributed by atoms with Gasteiger partial charge in [0.25, 0.3) is 0 Å². The van der Waals surface area contributed by atoms with Crippen LogP contribution in [-0.2, 0) is 21.3 Å². The van der Waals surface area contributed by atoms with E-state index in [1.807, 2.05) is 4.90 Å². The third-order valence-corrected chi connectivity index (χ3v) is 7.06. The van der Waals surface area contributed by atoms with Crippen LogP contribution in [-0.4, -0.2) is 36.0 Å².